The normalized spacial score (nSPS) is 10.9. The molecule has 2 nitrogen and oxygen atoms in total. The fourth-order valence-electron chi connectivity index (χ4n) is 0.925. The van der Waals surface area contributed by atoms with Gasteiger partial charge in [-0.05, 0) is 44.2 Å². The fourth-order valence-corrected chi connectivity index (χ4v) is 1.19. The van der Waals surface area contributed by atoms with Gasteiger partial charge in [0, 0.05) is 4.47 Å². The molecule has 1 aromatic rings. The number of carbonyl (C=O) groups excluding carboxylic acids is 1. The maximum absolute atomic E-state index is 11.6. The van der Waals surface area contributed by atoms with Gasteiger partial charge in [-0.2, -0.15) is 0 Å². The Balaban J connectivity index is 2.78. The molecular weight excluding hydrogens is 256 g/mol. The molecule has 0 atom stereocenters. The summed E-state index contributed by atoms with van der Waals surface area (Å²) in [5.74, 6) is -0.340. The van der Waals surface area contributed by atoms with E-state index in [4.69, 9.17) is 4.74 Å². The summed E-state index contributed by atoms with van der Waals surface area (Å²) >= 11 is 3.30. The number of rotatable bonds is 3. The molecule has 0 aliphatic rings. The SMILES string of the molecule is C=CC(C)(C)OC(=O)c1ccc(Br)cc1. The van der Waals surface area contributed by atoms with Crippen LogP contribution >= 0.6 is 15.9 Å². The van der Waals surface area contributed by atoms with E-state index in [9.17, 15) is 4.79 Å². The van der Waals surface area contributed by atoms with E-state index in [1.54, 1.807) is 44.2 Å². The molecule has 0 N–H and O–H groups in total. The summed E-state index contributed by atoms with van der Waals surface area (Å²) in [6.45, 7) is 7.19. The van der Waals surface area contributed by atoms with Gasteiger partial charge in [0.15, 0.2) is 0 Å². The van der Waals surface area contributed by atoms with Crippen LogP contribution in [0.4, 0.5) is 0 Å². The number of carbonyl (C=O) groups is 1. The van der Waals surface area contributed by atoms with Crippen molar-refractivity contribution in [2.75, 3.05) is 0 Å². The average molecular weight is 269 g/mol. The molecular formula is C12H13BrO2. The van der Waals surface area contributed by atoms with E-state index < -0.39 is 5.60 Å². The first-order chi connectivity index (χ1) is 6.94. The second-order valence-electron chi connectivity index (χ2n) is 3.70. The Bertz CT molecular complexity index is 366. The number of hydrogen-bond acceptors (Lipinski definition) is 2. The first-order valence-corrected chi connectivity index (χ1v) is 5.36. The molecule has 0 radical (unpaired) electrons. The third-order valence-corrected chi connectivity index (χ3v) is 2.46. The largest absolute Gasteiger partial charge is 0.452 e. The Morgan fingerprint density at radius 1 is 1.40 bits per heavy atom. The lowest BCUT2D eigenvalue weighted by atomic mass is 10.1. The van der Waals surface area contributed by atoms with E-state index in [0.717, 1.165) is 4.47 Å². The van der Waals surface area contributed by atoms with Crippen LogP contribution in [0.3, 0.4) is 0 Å². The van der Waals surface area contributed by atoms with Gasteiger partial charge in [-0.15, -0.1) is 0 Å². The van der Waals surface area contributed by atoms with Crippen LogP contribution in [0.15, 0.2) is 41.4 Å². The topological polar surface area (TPSA) is 26.3 Å². The van der Waals surface area contributed by atoms with Gasteiger partial charge in [0.1, 0.15) is 5.60 Å². The van der Waals surface area contributed by atoms with Crippen LogP contribution in [0.5, 0.6) is 0 Å². The Kier molecular flexibility index (Phi) is 3.69. The van der Waals surface area contributed by atoms with E-state index in [1.807, 2.05) is 0 Å². The molecule has 0 heterocycles. The zero-order valence-electron chi connectivity index (χ0n) is 8.79. The van der Waals surface area contributed by atoms with Crippen molar-refractivity contribution in [3.8, 4) is 0 Å². The molecule has 0 saturated heterocycles. The monoisotopic (exact) mass is 268 g/mol. The summed E-state index contributed by atoms with van der Waals surface area (Å²) in [6, 6.07) is 7.03. The lowest BCUT2D eigenvalue weighted by Gasteiger charge is -2.20. The highest BCUT2D eigenvalue weighted by Gasteiger charge is 2.19. The number of hydrogen-bond donors (Lipinski definition) is 0. The van der Waals surface area contributed by atoms with Crippen LogP contribution in [0.25, 0.3) is 0 Å². The van der Waals surface area contributed by atoms with Crippen molar-refractivity contribution < 1.29 is 9.53 Å². The molecule has 3 heteroatoms. The summed E-state index contributed by atoms with van der Waals surface area (Å²) in [5.41, 5.74) is -0.0995. The molecule has 0 aliphatic heterocycles. The minimum absolute atomic E-state index is 0.340. The van der Waals surface area contributed by atoms with Crippen molar-refractivity contribution in [3.63, 3.8) is 0 Å². The van der Waals surface area contributed by atoms with E-state index in [-0.39, 0.29) is 5.97 Å². The molecule has 0 aliphatic carbocycles. The Morgan fingerprint density at radius 2 is 1.93 bits per heavy atom. The molecule has 80 valence electrons. The maximum Gasteiger partial charge on any atom is 0.338 e. The highest BCUT2D eigenvalue weighted by atomic mass is 79.9. The highest BCUT2D eigenvalue weighted by Crippen LogP contribution is 2.16. The smallest absolute Gasteiger partial charge is 0.338 e. The van der Waals surface area contributed by atoms with Crippen LogP contribution in [-0.4, -0.2) is 11.6 Å². The standard InChI is InChI=1S/C12H13BrO2/c1-4-12(2,3)15-11(14)9-5-7-10(13)8-6-9/h4-8H,1H2,2-3H3. The van der Waals surface area contributed by atoms with Crippen LogP contribution in [0.2, 0.25) is 0 Å². The van der Waals surface area contributed by atoms with Crippen LogP contribution in [0.1, 0.15) is 24.2 Å². The van der Waals surface area contributed by atoms with E-state index in [2.05, 4.69) is 22.5 Å². The van der Waals surface area contributed by atoms with Crippen LogP contribution in [0, 0.1) is 0 Å². The van der Waals surface area contributed by atoms with Crippen molar-refractivity contribution in [1.82, 2.24) is 0 Å². The zero-order chi connectivity index (χ0) is 11.5. The third kappa shape index (κ3) is 3.51. The molecule has 0 saturated carbocycles. The first-order valence-electron chi connectivity index (χ1n) is 4.57. The minimum Gasteiger partial charge on any atom is -0.452 e. The summed E-state index contributed by atoms with van der Waals surface area (Å²) in [5, 5.41) is 0. The third-order valence-electron chi connectivity index (χ3n) is 1.93. The molecule has 0 fully saturated rings. The summed E-state index contributed by atoms with van der Waals surface area (Å²) in [7, 11) is 0. The lowest BCUT2D eigenvalue weighted by molar-refractivity contribution is 0.0174. The Labute approximate surface area is 98.1 Å². The predicted molar refractivity (Wildman–Crippen MR) is 63.8 cm³/mol. The van der Waals surface area contributed by atoms with Crippen LogP contribution in [-0.2, 0) is 4.74 Å². The second-order valence-corrected chi connectivity index (χ2v) is 4.62. The van der Waals surface area contributed by atoms with Crippen molar-refractivity contribution in [3.05, 3.63) is 47.0 Å². The van der Waals surface area contributed by atoms with Gasteiger partial charge in [-0.3, -0.25) is 0 Å². The van der Waals surface area contributed by atoms with Gasteiger partial charge >= 0.3 is 5.97 Å². The molecule has 0 spiro atoms. The molecule has 0 unspecified atom stereocenters. The zero-order valence-corrected chi connectivity index (χ0v) is 10.4. The van der Waals surface area contributed by atoms with Crippen molar-refractivity contribution in [1.29, 1.82) is 0 Å². The molecule has 0 amide bonds. The van der Waals surface area contributed by atoms with Gasteiger partial charge in [0.05, 0.1) is 5.56 Å². The van der Waals surface area contributed by atoms with Gasteiger partial charge in [-0.1, -0.05) is 22.5 Å². The van der Waals surface area contributed by atoms with Gasteiger partial charge < -0.3 is 4.74 Å². The van der Waals surface area contributed by atoms with E-state index >= 15 is 0 Å². The molecule has 1 rings (SSSR count). The molecule has 1 aromatic carbocycles. The summed E-state index contributed by atoms with van der Waals surface area (Å²) in [4.78, 5) is 11.6. The van der Waals surface area contributed by atoms with Gasteiger partial charge in [0.2, 0.25) is 0 Å². The van der Waals surface area contributed by atoms with Gasteiger partial charge in [0.25, 0.3) is 0 Å². The van der Waals surface area contributed by atoms with Crippen molar-refractivity contribution in [2.45, 2.75) is 19.4 Å². The highest BCUT2D eigenvalue weighted by molar-refractivity contribution is 9.10. The second kappa shape index (κ2) is 4.62. The van der Waals surface area contributed by atoms with Gasteiger partial charge in [-0.25, -0.2) is 4.79 Å². The van der Waals surface area contributed by atoms with Crippen LogP contribution < -0.4 is 0 Å². The molecule has 0 bridgehead atoms. The molecule has 15 heavy (non-hydrogen) atoms. The number of ether oxygens (including phenoxy) is 1. The van der Waals surface area contributed by atoms with Crippen molar-refractivity contribution >= 4 is 21.9 Å². The average Bonchev–Trinajstić information content (AvgIpc) is 2.18. The number of esters is 1. The molecule has 0 aromatic heterocycles. The fraction of sp³-hybridized carbons (Fsp3) is 0.250. The number of halogens is 1. The number of benzene rings is 1. The Hall–Kier alpha value is -1.09. The quantitative estimate of drug-likeness (QED) is 0.619. The Morgan fingerprint density at radius 3 is 2.40 bits per heavy atom. The minimum atomic E-state index is -0.635. The van der Waals surface area contributed by atoms with E-state index in [0.29, 0.717) is 5.56 Å². The lowest BCUT2D eigenvalue weighted by Crippen LogP contribution is -2.25. The first kappa shape index (κ1) is 12.0. The summed E-state index contributed by atoms with van der Waals surface area (Å²) in [6.07, 6.45) is 1.60. The predicted octanol–water partition coefficient (Wildman–Crippen LogP) is 3.57. The van der Waals surface area contributed by atoms with E-state index in [1.165, 1.54) is 0 Å². The summed E-state index contributed by atoms with van der Waals surface area (Å²) < 4.78 is 6.17. The van der Waals surface area contributed by atoms with Crippen molar-refractivity contribution in [2.24, 2.45) is 0 Å². The maximum atomic E-state index is 11.6.